The number of fused-ring (bicyclic) bond motifs is 19. The molecule has 1 heterocycles. The van der Waals surface area contributed by atoms with Crippen LogP contribution in [0.1, 0.15) is 44.5 Å². The van der Waals surface area contributed by atoms with Crippen LogP contribution in [0.5, 0.6) is 0 Å². The normalized spacial score (nSPS) is 13.6. The van der Waals surface area contributed by atoms with Gasteiger partial charge in [-0.05, 0) is 175 Å². The summed E-state index contributed by atoms with van der Waals surface area (Å²) in [4.78, 5) is 5.13. The number of aromatic nitrogens is 2. The van der Waals surface area contributed by atoms with E-state index in [0.29, 0.717) is 0 Å². The van der Waals surface area contributed by atoms with E-state index in [1.807, 2.05) is 0 Å². The molecule has 14 aromatic carbocycles. The molecule has 18 rings (SSSR count). The Morgan fingerprint density at radius 2 is 0.600 bits per heavy atom. The number of imidazole rings is 1. The molecular weight excluding hydrogens is 1020 g/mol. The van der Waals surface area contributed by atoms with Crippen molar-refractivity contribution in [3.63, 3.8) is 0 Å². The Hall–Kier alpha value is -10.9. The van der Waals surface area contributed by atoms with Gasteiger partial charge in [0, 0.05) is 11.3 Å². The zero-order chi connectivity index (χ0) is 55.8. The lowest BCUT2D eigenvalue weighted by molar-refractivity contribution is 0.633. The van der Waals surface area contributed by atoms with Crippen molar-refractivity contribution in [1.29, 1.82) is 0 Å². The summed E-state index contributed by atoms with van der Waals surface area (Å²) in [5.74, 6) is 0.929. The molecule has 0 unspecified atom stereocenters. The number of nitrogens with zero attached hydrogens (tertiary/aromatic N) is 2. The fourth-order valence-corrected chi connectivity index (χ4v) is 15.7. The average Bonchev–Trinajstić information content (AvgIpc) is 1.58. The van der Waals surface area contributed by atoms with Gasteiger partial charge in [-0.3, -0.25) is 4.57 Å². The molecule has 0 aliphatic heterocycles. The maximum Gasteiger partial charge on any atom is 0.145 e. The fourth-order valence-electron chi connectivity index (χ4n) is 15.7. The largest absolute Gasteiger partial charge is 0.292 e. The van der Waals surface area contributed by atoms with Crippen molar-refractivity contribution >= 4 is 32.6 Å². The lowest BCUT2D eigenvalue weighted by Gasteiger charge is -2.48. The topological polar surface area (TPSA) is 17.8 Å². The smallest absolute Gasteiger partial charge is 0.145 e. The first-order valence-corrected chi connectivity index (χ1v) is 29.6. The van der Waals surface area contributed by atoms with E-state index in [4.69, 9.17) is 4.98 Å². The molecule has 2 spiro atoms. The quantitative estimate of drug-likeness (QED) is 0.152. The van der Waals surface area contributed by atoms with Gasteiger partial charge in [-0.15, -0.1) is 0 Å². The minimum Gasteiger partial charge on any atom is -0.292 e. The van der Waals surface area contributed by atoms with Crippen LogP contribution in [-0.2, 0) is 10.8 Å². The number of rotatable bonds is 6. The summed E-state index contributed by atoms with van der Waals surface area (Å²) in [5.41, 5.74) is 28.6. The Bertz CT molecular complexity index is 5130. The number of para-hydroxylation sites is 2. The van der Waals surface area contributed by atoms with E-state index in [2.05, 4.69) is 320 Å². The summed E-state index contributed by atoms with van der Waals surface area (Å²) in [7, 11) is 0. The highest BCUT2D eigenvalue weighted by Gasteiger charge is 2.59. The highest BCUT2D eigenvalue weighted by molar-refractivity contribution is 6.22. The summed E-state index contributed by atoms with van der Waals surface area (Å²) in [6.07, 6.45) is 0. The van der Waals surface area contributed by atoms with Crippen molar-refractivity contribution in [2.75, 3.05) is 0 Å². The minimum absolute atomic E-state index is 0.498. The van der Waals surface area contributed by atoms with Gasteiger partial charge in [0.05, 0.1) is 21.9 Å². The van der Waals surface area contributed by atoms with Crippen LogP contribution < -0.4 is 0 Å². The summed E-state index contributed by atoms with van der Waals surface area (Å²) in [5, 5.41) is 4.88. The summed E-state index contributed by atoms with van der Waals surface area (Å²) >= 11 is 0. The van der Waals surface area contributed by atoms with Crippen LogP contribution in [0.4, 0.5) is 0 Å². The maximum absolute atomic E-state index is 5.13. The van der Waals surface area contributed by atoms with Gasteiger partial charge in [-0.25, -0.2) is 4.98 Å². The number of hydrogen-bond acceptors (Lipinski definition) is 1. The molecule has 3 aliphatic rings. The van der Waals surface area contributed by atoms with Crippen molar-refractivity contribution in [1.82, 2.24) is 9.55 Å². The van der Waals surface area contributed by atoms with Gasteiger partial charge in [0.2, 0.25) is 0 Å². The highest BCUT2D eigenvalue weighted by Crippen LogP contribution is 2.67. The van der Waals surface area contributed by atoms with Crippen LogP contribution in [0.3, 0.4) is 0 Å². The molecule has 0 radical (unpaired) electrons. The fraction of sp³-hybridized carbons (Fsp3) is 0.0241. The van der Waals surface area contributed by atoms with Crippen molar-refractivity contribution in [2.24, 2.45) is 0 Å². The molecule has 0 N–H and O–H groups in total. The second-order valence-corrected chi connectivity index (χ2v) is 23.2. The first-order valence-electron chi connectivity index (χ1n) is 29.6. The third-order valence-electron chi connectivity index (χ3n) is 19.1. The van der Waals surface area contributed by atoms with Gasteiger partial charge >= 0.3 is 0 Å². The van der Waals surface area contributed by atoms with Gasteiger partial charge in [0.15, 0.2) is 0 Å². The molecule has 0 bridgehead atoms. The molecule has 15 aromatic rings. The average molecular weight is 1080 g/mol. The lowest BCUT2D eigenvalue weighted by Crippen LogP contribution is -2.43. The Morgan fingerprint density at radius 1 is 0.235 bits per heavy atom. The predicted molar refractivity (Wildman–Crippen MR) is 351 cm³/mol. The zero-order valence-corrected chi connectivity index (χ0v) is 46.4. The molecule has 394 valence electrons. The summed E-state index contributed by atoms with van der Waals surface area (Å²) < 4.78 is 2.28. The van der Waals surface area contributed by atoms with E-state index >= 15 is 0 Å². The highest BCUT2D eigenvalue weighted by atomic mass is 15.1. The summed E-state index contributed by atoms with van der Waals surface area (Å²) in [6.45, 7) is 0. The second kappa shape index (κ2) is 18.3. The van der Waals surface area contributed by atoms with E-state index in [1.165, 1.54) is 122 Å². The van der Waals surface area contributed by atoms with Crippen LogP contribution >= 0.6 is 0 Å². The van der Waals surface area contributed by atoms with E-state index in [9.17, 15) is 0 Å². The van der Waals surface area contributed by atoms with Crippen molar-refractivity contribution in [3.8, 4) is 83.8 Å². The Labute approximate surface area is 493 Å². The third-order valence-corrected chi connectivity index (χ3v) is 19.1. The lowest BCUT2D eigenvalue weighted by atomic mass is 9.52. The molecule has 0 saturated heterocycles. The van der Waals surface area contributed by atoms with Crippen LogP contribution in [0.25, 0.3) is 116 Å². The van der Waals surface area contributed by atoms with Crippen LogP contribution in [0, 0.1) is 0 Å². The zero-order valence-electron chi connectivity index (χ0n) is 46.4. The molecule has 0 atom stereocenters. The van der Waals surface area contributed by atoms with Crippen molar-refractivity contribution in [3.05, 3.63) is 360 Å². The molecule has 0 saturated carbocycles. The van der Waals surface area contributed by atoms with Crippen molar-refractivity contribution < 1.29 is 0 Å². The van der Waals surface area contributed by atoms with Crippen LogP contribution in [0.2, 0.25) is 0 Å². The van der Waals surface area contributed by atoms with Gasteiger partial charge in [-0.2, -0.15) is 0 Å². The molecule has 85 heavy (non-hydrogen) atoms. The van der Waals surface area contributed by atoms with E-state index in [-0.39, 0.29) is 0 Å². The Kier molecular flexibility index (Phi) is 10.3. The second-order valence-electron chi connectivity index (χ2n) is 23.2. The Morgan fingerprint density at radius 3 is 1.11 bits per heavy atom. The monoisotopic (exact) mass is 1080 g/mol. The molecule has 0 amide bonds. The van der Waals surface area contributed by atoms with E-state index < -0.39 is 10.8 Å². The maximum atomic E-state index is 5.13. The standard InChI is InChI=1S/C83H52N2/c1-4-22-54(23-5-1)79-66-49-44-58(51-68(66)80(55-24-6-2-7-25-55)65-48-43-57(50-67(65)79)53-40-45-60(46-41-53)85-78-39-21-20-38-77(78)84-81(85)56-26-8-3-9-27-56)59-42-47-64-63-30-12-15-33-71(63)83(76(64)52-59)74-36-18-16-34-72(74)82(73-35-17-19-37-75(73)83)69-31-13-10-28-61(69)62-29-11-14-32-70(62)82/h1-52H. The van der Waals surface area contributed by atoms with Gasteiger partial charge in [0.1, 0.15) is 5.82 Å². The van der Waals surface area contributed by atoms with Crippen molar-refractivity contribution in [2.45, 2.75) is 10.8 Å². The predicted octanol–water partition coefficient (Wildman–Crippen LogP) is 20.7. The third kappa shape index (κ3) is 6.62. The number of benzene rings is 14. The van der Waals surface area contributed by atoms with E-state index in [1.54, 1.807) is 0 Å². The Balaban J connectivity index is 0.835. The number of hydrogen-bond donors (Lipinski definition) is 0. The van der Waals surface area contributed by atoms with Crippen LogP contribution in [-0.4, -0.2) is 9.55 Å². The molecular formula is C83H52N2. The van der Waals surface area contributed by atoms with Gasteiger partial charge in [-0.1, -0.05) is 273 Å². The molecule has 2 heteroatoms. The van der Waals surface area contributed by atoms with Crippen LogP contribution in [0.15, 0.2) is 315 Å². The van der Waals surface area contributed by atoms with Gasteiger partial charge < -0.3 is 0 Å². The molecule has 1 aromatic heterocycles. The molecule has 0 fully saturated rings. The SMILES string of the molecule is c1ccc(-c2c3ccc(-c4ccc5c(c4)C4(c6ccccc6-5)c5ccccc5C5(c6ccccc6-c6ccccc65)c5ccccc54)cc3c(-c3ccccc3)c3ccc(-c4ccc(-n5c(-c6ccccc6)nc6ccccc65)cc4)cc23)cc1. The van der Waals surface area contributed by atoms with E-state index in [0.717, 1.165) is 39.2 Å². The molecule has 3 aliphatic carbocycles. The summed E-state index contributed by atoms with van der Waals surface area (Å²) in [6, 6.07) is 118. The van der Waals surface area contributed by atoms with Gasteiger partial charge in [0.25, 0.3) is 0 Å². The first-order chi connectivity index (χ1) is 42.2. The minimum atomic E-state index is -0.591. The first kappa shape index (κ1) is 47.7. The molecule has 2 nitrogen and oxygen atoms in total.